The van der Waals surface area contributed by atoms with Gasteiger partial charge >= 0.3 is 0 Å². The molecular formula is C9H8N2O2S. The smallest absolute Gasteiger partial charge is 0.254 e. The van der Waals surface area contributed by atoms with E-state index >= 15 is 0 Å². The average molecular weight is 208 g/mol. The highest BCUT2D eigenvalue weighted by Crippen LogP contribution is 2.29. The number of hydrogen-bond donors (Lipinski definition) is 1. The lowest BCUT2D eigenvalue weighted by atomic mass is 10.1. The molecule has 0 unspecified atom stereocenters. The first kappa shape index (κ1) is 8.96. The Morgan fingerprint density at radius 3 is 3.00 bits per heavy atom. The van der Waals surface area contributed by atoms with Crippen molar-refractivity contribution in [3.8, 4) is 10.6 Å². The molecule has 0 fully saturated rings. The van der Waals surface area contributed by atoms with Crippen molar-refractivity contribution in [3.63, 3.8) is 0 Å². The number of nitrogens with zero attached hydrogens (tertiary/aromatic N) is 1. The van der Waals surface area contributed by atoms with Crippen LogP contribution in [0.15, 0.2) is 22.0 Å². The quantitative estimate of drug-likeness (QED) is 0.818. The molecule has 0 aromatic carbocycles. The zero-order valence-electron chi connectivity index (χ0n) is 7.48. The molecule has 72 valence electrons. The Bertz CT molecular complexity index is 459. The Balaban J connectivity index is 2.60. The van der Waals surface area contributed by atoms with Crippen LogP contribution in [0.5, 0.6) is 0 Å². The summed E-state index contributed by atoms with van der Waals surface area (Å²) in [6.07, 6.45) is 0. The molecule has 2 heterocycles. The van der Waals surface area contributed by atoms with Crippen LogP contribution in [-0.4, -0.2) is 11.1 Å². The van der Waals surface area contributed by atoms with E-state index in [1.54, 1.807) is 6.92 Å². The number of primary amides is 1. The molecule has 1 amide bonds. The molecule has 0 aliphatic carbocycles. The lowest BCUT2D eigenvalue weighted by molar-refractivity contribution is 0.1000. The molecule has 5 heteroatoms. The van der Waals surface area contributed by atoms with Gasteiger partial charge in [0, 0.05) is 0 Å². The molecule has 0 atom stereocenters. The van der Waals surface area contributed by atoms with E-state index < -0.39 is 5.91 Å². The van der Waals surface area contributed by atoms with Gasteiger partial charge in [0.05, 0.1) is 10.6 Å². The Kier molecular flexibility index (Phi) is 2.09. The lowest BCUT2D eigenvalue weighted by Gasteiger charge is -1.93. The zero-order chi connectivity index (χ0) is 10.1. The fourth-order valence-corrected chi connectivity index (χ4v) is 1.94. The van der Waals surface area contributed by atoms with Gasteiger partial charge in [-0.1, -0.05) is 11.2 Å². The van der Waals surface area contributed by atoms with E-state index in [1.807, 2.05) is 17.5 Å². The summed E-state index contributed by atoms with van der Waals surface area (Å²) in [6.45, 7) is 1.70. The molecule has 2 N–H and O–H groups in total. The highest BCUT2D eigenvalue weighted by atomic mass is 32.1. The number of amides is 1. The standard InChI is InChI=1S/C9H8N2O2S/c1-5-7(9(10)12)8(13-11-5)6-3-2-4-14-6/h2-4H,1H3,(H2,10,12). The van der Waals surface area contributed by atoms with Crippen LogP contribution in [0.1, 0.15) is 16.1 Å². The number of carbonyl (C=O) groups is 1. The third-order valence-electron chi connectivity index (χ3n) is 1.85. The summed E-state index contributed by atoms with van der Waals surface area (Å²) in [5.41, 5.74) is 6.13. The highest BCUT2D eigenvalue weighted by molar-refractivity contribution is 7.13. The highest BCUT2D eigenvalue weighted by Gasteiger charge is 2.19. The number of thiophene rings is 1. The van der Waals surface area contributed by atoms with Gasteiger partial charge in [-0.15, -0.1) is 11.3 Å². The molecule has 0 aliphatic heterocycles. The van der Waals surface area contributed by atoms with Gasteiger partial charge in [-0.2, -0.15) is 0 Å². The normalized spacial score (nSPS) is 10.4. The van der Waals surface area contributed by atoms with Crippen LogP contribution in [0.3, 0.4) is 0 Å². The average Bonchev–Trinajstić information content (AvgIpc) is 2.70. The summed E-state index contributed by atoms with van der Waals surface area (Å²) in [4.78, 5) is 12.0. The number of carbonyl (C=O) groups excluding carboxylic acids is 1. The summed E-state index contributed by atoms with van der Waals surface area (Å²) in [7, 11) is 0. The van der Waals surface area contributed by atoms with Gasteiger partial charge in [0.25, 0.3) is 5.91 Å². The van der Waals surface area contributed by atoms with Gasteiger partial charge in [-0.05, 0) is 18.4 Å². The largest absolute Gasteiger partial charge is 0.365 e. The molecule has 0 spiro atoms. The van der Waals surface area contributed by atoms with Crippen LogP contribution in [0.25, 0.3) is 10.6 Å². The van der Waals surface area contributed by atoms with Crippen molar-refractivity contribution in [3.05, 3.63) is 28.8 Å². The van der Waals surface area contributed by atoms with E-state index in [2.05, 4.69) is 5.16 Å². The molecule has 14 heavy (non-hydrogen) atoms. The number of hydrogen-bond acceptors (Lipinski definition) is 4. The number of rotatable bonds is 2. The maximum Gasteiger partial charge on any atom is 0.254 e. The number of nitrogens with two attached hydrogens (primary N) is 1. The fraction of sp³-hybridized carbons (Fsp3) is 0.111. The SMILES string of the molecule is Cc1noc(-c2cccs2)c1C(N)=O. The van der Waals surface area contributed by atoms with Gasteiger partial charge in [0.1, 0.15) is 5.56 Å². The Morgan fingerprint density at radius 1 is 1.64 bits per heavy atom. The number of aromatic nitrogens is 1. The molecule has 2 aromatic heterocycles. The molecule has 4 nitrogen and oxygen atoms in total. The monoisotopic (exact) mass is 208 g/mol. The van der Waals surface area contributed by atoms with Gasteiger partial charge < -0.3 is 10.3 Å². The molecule has 2 rings (SSSR count). The first-order valence-electron chi connectivity index (χ1n) is 4.00. The molecular weight excluding hydrogens is 200 g/mol. The minimum atomic E-state index is -0.507. The van der Waals surface area contributed by atoms with Crippen LogP contribution < -0.4 is 5.73 Å². The van der Waals surface area contributed by atoms with Crippen molar-refractivity contribution in [1.82, 2.24) is 5.16 Å². The predicted octanol–water partition coefficient (Wildman–Crippen LogP) is 1.81. The molecule has 0 saturated heterocycles. The van der Waals surface area contributed by atoms with E-state index in [9.17, 15) is 4.79 Å². The van der Waals surface area contributed by atoms with Crippen molar-refractivity contribution in [2.45, 2.75) is 6.92 Å². The van der Waals surface area contributed by atoms with Crippen LogP contribution in [0, 0.1) is 6.92 Å². The minimum Gasteiger partial charge on any atom is -0.365 e. The van der Waals surface area contributed by atoms with Crippen molar-refractivity contribution >= 4 is 17.2 Å². The Hall–Kier alpha value is -1.62. The summed E-state index contributed by atoms with van der Waals surface area (Å²) >= 11 is 1.48. The van der Waals surface area contributed by atoms with Crippen molar-refractivity contribution in [2.75, 3.05) is 0 Å². The Morgan fingerprint density at radius 2 is 2.43 bits per heavy atom. The summed E-state index contributed by atoms with van der Waals surface area (Å²) < 4.78 is 5.06. The first-order chi connectivity index (χ1) is 6.70. The van der Waals surface area contributed by atoms with Crippen molar-refractivity contribution in [1.29, 1.82) is 0 Å². The van der Waals surface area contributed by atoms with Gasteiger partial charge in [-0.25, -0.2) is 0 Å². The van der Waals surface area contributed by atoms with E-state index in [0.29, 0.717) is 17.0 Å². The van der Waals surface area contributed by atoms with Crippen molar-refractivity contribution in [2.24, 2.45) is 5.73 Å². The van der Waals surface area contributed by atoms with Gasteiger partial charge in [0.2, 0.25) is 0 Å². The van der Waals surface area contributed by atoms with E-state index in [0.717, 1.165) is 4.88 Å². The molecule has 0 aliphatic rings. The summed E-state index contributed by atoms with van der Waals surface area (Å²) in [5.74, 6) is -0.0443. The van der Waals surface area contributed by atoms with E-state index in [4.69, 9.17) is 10.3 Å². The lowest BCUT2D eigenvalue weighted by Crippen LogP contribution is -2.12. The topological polar surface area (TPSA) is 69.1 Å². The van der Waals surface area contributed by atoms with Gasteiger partial charge in [0.15, 0.2) is 5.76 Å². The summed E-state index contributed by atoms with van der Waals surface area (Å²) in [5, 5.41) is 5.63. The second-order valence-electron chi connectivity index (χ2n) is 2.81. The summed E-state index contributed by atoms with van der Waals surface area (Å²) in [6, 6.07) is 3.74. The maximum atomic E-state index is 11.1. The second kappa shape index (κ2) is 3.26. The van der Waals surface area contributed by atoms with Gasteiger partial charge in [-0.3, -0.25) is 4.79 Å². The molecule has 2 aromatic rings. The van der Waals surface area contributed by atoms with Crippen molar-refractivity contribution < 1.29 is 9.32 Å². The predicted molar refractivity (Wildman–Crippen MR) is 53.1 cm³/mol. The minimum absolute atomic E-state index is 0.368. The zero-order valence-corrected chi connectivity index (χ0v) is 8.30. The Labute approximate surface area is 84.3 Å². The third kappa shape index (κ3) is 1.31. The second-order valence-corrected chi connectivity index (χ2v) is 3.76. The molecule has 0 radical (unpaired) electrons. The van der Waals surface area contributed by atoms with Crippen LogP contribution >= 0.6 is 11.3 Å². The molecule has 0 saturated carbocycles. The van der Waals surface area contributed by atoms with E-state index in [-0.39, 0.29) is 0 Å². The van der Waals surface area contributed by atoms with Crippen LogP contribution in [-0.2, 0) is 0 Å². The van der Waals surface area contributed by atoms with Crippen LogP contribution in [0.2, 0.25) is 0 Å². The third-order valence-corrected chi connectivity index (χ3v) is 2.72. The van der Waals surface area contributed by atoms with E-state index in [1.165, 1.54) is 11.3 Å². The molecule has 0 bridgehead atoms. The van der Waals surface area contributed by atoms with Crippen LogP contribution in [0.4, 0.5) is 0 Å². The first-order valence-corrected chi connectivity index (χ1v) is 4.88. The maximum absolute atomic E-state index is 11.1. The number of aryl methyl sites for hydroxylation is 1. The fourth-order valence-electron chi connectivity index (χ4n) is 1.24.